The van der Waals surface area contributed by atoms with E-state index in [1.165, 1.54) is 7.05 Å². The first-order chi connectivity index (χ1) is 7.38. The molecule has 1 rings (SSSR count). The molecule has 0 atom stereocenters. The summed E-state index contributed by atoms with van der Waals surface area (Å²) in [6, 6.07) is 8.18. The number of nitrogens with two attached hydrogens (primary N) is 2. The SMILES string of the molecule is CN(N)/C(=N\S(N)(=O)=O)Oc1ccccc1. The summed E-state index contributed by atoms with van der Waals surface area (Å²) < 4.78 is 29.8. The number of hydrazine groups is 1. The molecule has 0 spiro atoms. The molecule has 1 aromatic rings. The van der Waals surface area contributed by atoms with Gasteiger partial charge in [-0.15, -0.1) is 0 Å². The van der Waals surface area contributed by atoms with Gasteiger partial charge in [0.25, 0.3) is 0 Å². The molecule has 0 aliphatic heterocycles. The van der Waals surface area contributed by atoms with Crippen LogP contribution in [0.4, 0.5) is 0 Å². The van der Waals surface area contributed by atoms with E-state index in [1.807, 2.05) is 0 Å². The van der Waals surface area contributed by atoms with Crippen molar-refractivity contribution in [1.82, 2.24) is 5.01 Å². The molecule has 0 saturated carbocycles. The van der Waals surface area contributed by atoms with Gasteiger partial charge in [0, 0.05) is 7.05 Å². The number of benzene rings is 1. The molecule has 0 bridgehead atoms. The van der Waals surface area contributed by atoms with Crippen molar-refractivity contribution in [3.63, 3.8) is 0 Å². The average Bonchev–Trinajstić information content (AvgIpc) is 2.16. The van der Waals surface area contributed by atoms with Gasteiger partial charge in [-0.05, 0) is 12.1 Å². The summed E-state index contributed by atoms with van der Waals surface area (Å²) in [5.41, 5.74) is 0. The largest absolute Gasteiger partial charge is 0.424 e. The summed E-state index contributed by atoms with van der Waals surface area (Å²) in [5.74, 6) is 5.75. The number of hydrogen-bond acceptors (Lipinski definition) is 4. The lowest BCUT2D eigenvalue weighted by Crippen LogP contribution is -2.38. The molecule has 88 valence electrons. The standard InChI is InChI=1S/C8H12N4O3S/c1-12(9)8(11-16(10,13)14)15-7-5-3-2-4-6-7/h2-6H,9H2,1H3,(H2,10,13,14)/b11-8+. The number of rotatable bonds is 2. The van der Waals surface area contributed by atoms with Gasteiger partial charge < -0.3 is 4.74 Å². The van der Waals surface area contributed by atoms with Crippen molar-refractivity contribution in [1.29, 1.82) is 0 Å². The predicted molar refractivity (Wildman–Crippen MR) is 59.6 cm³/mol. The molecule has 0 fully saturated rings. The molecule has 0 aliphatic rings. The Labute approximate surface area is 93.5 Å². The molecule has 1 aromatic carbocycles. The topological polar surface area (TPSA) is 111 Å². The number of hydrogen-bond donors (Lipinski definition) is 2. The fourth-order valence-electron chi connectivity index (χ4n) is 0.858. The van der Waals surface area contributed by atoms with E-state index < -0.39 is 10.2 Å². The molecule has 0 aliphatic carbocycles. The van der Waals surface area contributed by atoms with Crippen LogP contribution in [0.3, 0.4) is 0 Å². The molecule has 0 radical (unpaired) electrons. The minimum atomic E-state index is -4.05. The Morgan fingerprint density at radius 3 is 2.38 bits per heavy atom. The molecule has 0 amide bonds. The fourth-order valence-corrected chi connectivity index (χ4v) is 1.24. The Balaban J connectivity index is 2.95. The van der Waals surface area contributed by atoms with Crippen molar-refractivity contribution < 1.29 is 13.2 Å². The highest BCUT2D eigenvalue weighted by atomic mass is 32.2. The first kappa shape index (κ1) is 12.4. The summed E-state index contributed by atoms with van der Waals surface area (Å²) in [5, 5.41) is 5.66. The lowest BCUT2D eigenvalue weighted by Gasteiger charge is -2.14. The maximum Gasteiger partial charge on any atom is 0.324 e. The molecule has 4 N–H and O–H groups in total. The highest BCUT2D eigenvalue weighted by Gasteiger charge is 2.10. The van der Waals surface area contributed by atoms with Gasteiger partial charge >= 0.3 is 16.2 Å². The van der Waals surface area contributed by atoms with Crippen molar-refractivity contribution in [2.75, 3.05) is 7.05 Å². The highest BCUT2D eigenvalue weighted by Crippen LogP contribution is 2.09. The van der Waals surface area contributed by atoms with Gasteiger partial charge in [0.1, 0.15) is 5.75 Å². The third-order valence-electron chi connectivity index (χ3n) is 1.46. The Morgan fingerprint density at radius 1 is 1.38 bits per heavy atom. The smallest absolute Gasteiger partial charge is 0.324 e. The minimum absolute atomic E-state index is 0.311. The lowest BCUT2D eigenvalue weighted by atomic mass is 10.3. The van der Waals surface area contributed by atoms with E-state index in [4.69, 9.17) is 15.7 Å². The average molecular weight is 244 g/mol. The van der Waals surface area contributed by atoms with Crippen LogP contribution in [-0.2, 0) is 10.2 Å². The van der Waals surface area contributed by atoms with E-state index in [2.05, 4.69) is 4.40 Å². The van der Waals surface area contributed by atoms with E-state index in [0.29, 0.717) is 5.75 Å². The summed E-state index contributed by atoms with van der Waals surface area (Å²) in [6.07, 6.45) is 0. The minimum Gasteiger partial charge on any atom is -0.424 e. The molecule has 0 unspecified atom stereocenters. The Morgan fingerprint density at radius 2 is 1.94 bits per heavy atom. The number of para-hydroxylation sites is 1. The van der Waals surface area contributed by atoms with Crippen LogP contribution in [0.1, 0.15) is 0 Å². The predicted octanol–water partition coefficient (Wildman–Crippen LogP) is -0.570. The van der Waals surface area contributed by atoms with E-state index in [9.17, 15) is 8.42 Å². The highest BCUT2D eigenvalue weighted by molar-refractivity contribution is 7.88. The van der Waals surface area contributed by atoms with E-state index in [0.717, 1.165) is 5.01 Å². The quantitative estimate of drug-likeness (QED) is 0.313. The lowest BCUT2D eigenvalue weighted by molar-refractivity contribution is 0.399. The Bertz CT molecular complexity index is 469. The van der Waals surface area contributed by atoms with Gasteiger partial charge in [0.05, 0.1) is 0 Å². The second-order valence-electron chi connectivity index (χ2n) is 2.91. The molecule has 0 heterocycles. The molecule has 0 aromatic heterocycles. The van der Waals surface area contributed by atoms with Crippen LogP contribution in [0.2, 0.25) is 0 Å². The molecular weight excluding hydrogens is 232 g/mol. The van der Waals surface area contributed by atoms with E-state index >= 15 is 0 Å². The monoisotopic (exact) mass is 244 g/mol. The van der Waals surface area contributed by atoms with Gasteiger partial charge in [-0.3, -0.25) is 5.01 Å². The second kappa shape index (κ2) is 4.92. The number of amidine groups is 1. The number of nitrogens with zero attached hydrogens (tertiary/aromatic N) is 2. The van der Waals surface area contributed by atoms with Crippen molar-refractivity contribution >= 4 is 16.2 Å². The van der Waals surface area contributed by atoms with Crippen molar-refractivity contribution in [3.8, 4) is 5.75 Å². The zero-order valence-corrected chi connectivity index (χ0v) is 9.39. The van der Waals surface area contributed by atoms with Crippen molar-refractivity contribution in [3.05, 3.63) is 30.3 Å². The van der Waals surface area contributed by atoms with Gasteiger partial charge in [-0.1, -0.05) is 22.6 Å². The van der Waals surface area contributed by atoms with Crippen LogP contribution in [0, 0.1) is 0 Å². The Hall–Kier alpha value is -1.64. The van der Waals surface area contributed by atoms with Gasteiger partial charge in [-0.25, -0.2) is 11.0 Å². The summed E-state index contributed by atoms with van der Waals surface area (Å²) >= 11 is 0. The summed E-state index contributed by atoms with van der Waals surface area (Å²) in [7, 11) is -2.67. The summed E-state index contributed by atoms with van der Waals surface area (Å²) in [4.78, 5) is 0. The van der Waals surface area contributed by atoms with Crippen LogP contribution in [0.5, 0.6) is 5.75 Å². The van der Waals surface area contributed by atoms with Crippen molar-refractivity contribution in [2.24, 2.45) is 15.4 Å². The van der Waals surface area contributed by atoms with Crippen molar-refractivity contribution in [2.45, 2.75) is 0 Å². The van der Waals surface area contributed by atoms with Gasteiger partial charge in [0.2, 0.25) is 0 Å². The first-order valence-corrected chi connectivity index (χ1v) is 5.73. The van der Waals surface area contributed by atoms with Gasteiger partial charge in [0.15, 0.2) is 0 Å². The van der Waals surface area contributed by atoms with Crippen LogP contribution in [0.15, 0.2) is 34.7 Å². The third-order valence-corrected chi connectivity index (χ3v) is 1.87. The maximum atomic E-state index is 10.8. The second-order valence-corrected chi connectivity index (χ2v) is 4.13. The van der Waals surface area contributed by atoms with Crippen LogP contribution in [-0.4, -0.2) is 26.5 Å². The fraction of sp³-hybridized carbons (Fsp3) is 0.125. The number of ether oxygens (including phenoxy) is 1. The van der Waals surface area contributed by atoms with E-state index in [1.54, 1.807) is 30.3 Å². The van der Waals surface area contributed by atoms with E-state index in [-0.39, 0.29) is 6.02 Å². The van der Waals surface area contributed by atoms with Crippen LogP contribution < -0.4 is 15.7 Å². The molecule has 16 heavy (non-hydrogen) atoms. The first-order valence-electron chi connectivity index (χ1n) is 4.22. The van der Waals surface area contributed by atoms with Gasteiger partial charge in [-0.2, -0.15) is 8.42 Å². The molecule has 0 saturated heterocycles. The summed E-state index contributed by atoms with van der Waals surface area (Å²) in [6.45, 7) is 0. The van der Waals surface area contributed by atoms with Crippen LogP contribution in [0.25, 0.3) is 0 Å². The molecule has 8 heteroatoms. The Kier molecular flexibility index (Phi) is 3.82. The maximum absolute atomic E-state index is 10.8. The normalized spacial score (nSPS) is 12.3. The van der Waals surface area contributed by atoms with Crippen LogP contribution >= 0.6 is 0 Å². The zero-order chi connectivity index (χ0) is 12.2. The molecule has 7 nitrogen and oxygen atoms in total. The third kappa shape index (κ3) is 4.26. The zero-order valence-electron chi connectivity index (χ0n) is 8.57. The molecular formula is C8H12N4O3S.